The van der Waals surface area contributed by atoms with Crippen LogP contribution in [0.4, 0.5) is 5.69 Å². The molecule has 1 saturated heterocycles. The number of hydrogen-bond acceptors (Lipinski definition) is 10. The number of phenolic OH excluding ortho intramolecular Hbond substituents is 1. The van der Waals surface area contributed by atoms with Crippen molar-refractivity contribution in [3.8, 4) is 45.6 Å². The number of fused-ring (bicyclic) bond motifs is 3. The minimum Gasteiger partial charge on any atom is -0.502 e. The zero-order valence-electron chi connectivity index (χ0n) is 27.4. The first-order valence-electron chi connectivity index (χ1n) is 16.9. The maximum absolute atomic E-state index is 12.1. The van der Waals surface area contributed by atoms with Crippen LogP contribution in [0.2, 0.25) is 0 Å². The molecular weight excluding hydrogens is 600 g/mol. The molecule has 0 radical (unpaired) electrons. The van der Waals surface area contributed by atoms with Crippen molar-refractivity contribution >= 4 is 5.69 Å². The van der Waals surface area contributed by atoms with Crippen LogP contribution in [0.3, 0.4) is 0 Å². The van der Waals surface area contributed by atoms with E-state index in [9.17, 15) is 15.3 Å². The summed E-state index contributed by atoms with van der Waals surface area (Å²) in [6.07, 6.45) is 5.99. The predicted octanol–water partition coefficient (Wildman–Crippen LogP) is 5.85. The molecule has 3 heterocycles. The molecule has 47 heavy (non-hydrogen) atoms. The average molecular weight is 645 g/mol. The van der Waals surface area contributed by atoms with E-state index in [1.54, 1.807) is 19.2 Å². The Labute approximate surface area is 275 Å². The van der Waals surface area contributed by atoms with Crippen LogP contribution >= 0.6 is 0 Å². The van der Waals surface area contributed by atoms with Crippen molar-refractivity contribution in [3.05, 3.63) is 52.1 Å². The van der Waals surface area contributed by atoms with E-state index in [1.807, 2.05) is 12.1 Å². The molecule has 5 aliphatic rings. The van der Waals surface area contributed by atoms with Crippen LogP contribution in [0.1, 0.15) is 91.5 Å². The maximum atomic E-state index is 12.1. The first-order valence-corrected chi connectivity index (χ1v) is 16.9. The molecule has 0 bridgehead atoms. The van der Waals surface area contributed by atoms with Crippen LogP contribution in [0.15, 0.2) is 24.3 Å². The van der Waals surface area contributed by atoms with E-state index in [4.69, 9.17) is 23.7 Å². The smallest absolute Gasteiger partial charge is 0.200 e. The summed E-state index contributed by atoms with van der Waals surface area (Å²) in [4.78, 5) is 0. The molecule has 6 atom stereocenters. The first-order chi connectivity index (χ1) is 22.8. The molecule has 10 nitrogen and oxygen atoms in total. The number of rotatable bonds is 6. The highest BCUT2D eigenvalue weighted by molar-refractivity contribution is 5.93. The Hall–Kier alpha value is -3.86. The molecule has 0 aromatic heterocycles. The number of ether oxygens (including phenoxy) is 5. The molecule has 1 saturated carbocycles. The maximum Gasteiger partial charge on any atom is 0.200 e. The second-order valence-corrected chi connectivity index (χ2v) is 13.8. The van der Waals surface area contributed by atoms with Crippen LogP contribution in [-0.2, 0) is 12.8 Å². The van der Waals surface area contributed by atoms with Gasteiger partial charge in [0.1, 0.15) is 17.2 Å². The molecule has 0 spiro atoms. The normalized spacial score (nSPS) is 28.5. The molecule has 250 valence electrons. The van der Waals surface area contributed by atoms with Gasteiger partial charge in [0, 0.05) is 64.4 Å². The van der Waals surface area contributed by atoms with E-state index >= 15 is 0 Å². The highest BCUT2D eigenvalue weighted by Gasteiger charge is 2.48. The highest BCUT2D eigenvalue weighted by Crippen LogP contribution is 2.58. The zero-order chi connectivity index (χ0) is 32.6. The van der Waals surface area contributed by atoms with E-state index in [1.165, 1.54) is 20.6 Å². The number of aliphatic hydroxyl groups excluding tert-OH is 2. The Balaban J connectivity index is 1.26. The number of aromatic hydroxyl groups is 1. The van der Waals surface area contributed by atoms with E-state index in [-0.39, 0.29) is 23.9 Å². The zero-order valence-corrected chi connectivity index (χ0v) is 27.4. The molecule has 3 aromatic carbocycles. The molecular formula is C37H44N2O8. The molecule has 10 heteroatoms. The van der Waals surface area contributed by atoms with Crippen molar-refractivity contribution in [2.75, 3.05) is 33.3 Å². The minimum atomic E-state index is -1.00. The number of nitrogens with one attached hydrogen (secondary N) is 2. The monoisotopic (exact) mass is 644 g/mol. The Morgan fingerprint density at radius 3 is 2.32 bits per heavy atom. The predicted molar refractivity (Wildman–Crippen MR) is 176 cm³/mol. The van der Waals surface area contributed by atoms with Gasteiger partial charge in [-0.1, -0.05) is 6.42 Å². The van der Waals surface area contributed by atoms with Crippen LogP contribution in [0.5, 0.6) is 34.5 Å². The summed E-state index contributed by atoms with van der Waals surface area (Å²) < 4.78 is 30.3. The number of aliphatic hydroxyl groups is 2. The molecule has 0 amide bonds. The highest BCUT2D eigenvalue weighted by atomic mass is 16.5. The molecule has 6 unspecified atom stereocenters. The van der Waals surface area contributed by atoms with Gasteiger partial charge in [0.15, 0.2) is 23.5 Å². The Morgan fingerprint density at radius 1 is 0.830 bits per heavy atom. The van der Waals surface area contributed by atoms with Crippen molar-refractivity contribution in [1.29, 1.82) is 0 Å². The van der Waals surface area contributed by atoms with Gasteiger partial charge in [0.05, 0.1) is 39.6 Å². The molecule has 3 aliphatic heterocycles. The average Bonchev–Trinajstić information content (AvgIpc) is 3.07. The third-order valence-electron chi connectivity index (χ3n) is 11.3. The van der Waals surface area contributed by atoms with Gasteiger partial charge in [0.25, 0.3) is 0 Å². The summed E-state index contributed by atoms with van der Waals surface area (Å²) in [5.74, 6) is 2.36. The van der Waals surface area contributed by atoms with Crippen molar-refractivity contribution < 1.29 is 39.0 Å². The van der Waals surface area contributed by atoms with E-state index in [0.717, 1.165) is 76.9 Å². The van der Waals surface area contributed by atoms with Crippen LogP contribution in [0.25, 0.3) is 11.1 Å². The number of phenols is 1. The largest absolute Gasteiger partial charge is 0.502 e. The van der Waals surface area contributed by atoms with Crippen molar-refractivity contribution in [3.63, 3.8) is 0 Å². The molecule has 2 fully saturated rings. The lowest BCUT2D eigenvalue weighted by atomic mass is 9.73. The van der Waals surface area contributed by atoms with Gasteiger partial charge in [-0.2, -0.15) is 0 Å². The third-order valence-corrected chi connectivity index (χ3v) is 11.3. The quantitative estimate of drug-likeness (QED) is 0.223. The summed E-state index contributed by atoms with van der Waals surface area (Å²) in [5.41, 5.74) is 6.32. The summed E-state index contributed by atoms with van der Waals surface area (Å²) in [6, 6.07) is 7.65. The number of benzene rings is 3. The Kier molecular flexibility index (Phi) is 7.38. The van der Waals surface area contributed by atoms with Crippen molar-refractivity contribution in [1.82, 2.24) is 5.32 Å². The number of methoxy groups -OCH3 is 3. The lowest BCUT2D eigenvalue weighted by Gasteiger charge is -2.50. The SMILES string of the molecule is COc1cc(C2COc3cc4c5c(c3C2O)CCc2c(OC)cc(OC36CCCCC3CCC(C)N6)c(c2-5)C(O)N4)cc(OC)c1O. The number of anilines is 1. The van der Waals surface area contributed by atoms with Gasteiger partial charge in [-0.25, -0.2) is 0 Å². The van der Waals surface area contributed by atoms with Crippen LogP contribution < -0.4 is 34.3 Å². The fraction of sp³-hybridized carbons (Fsp3) is 0.514. The minimum absolute atomic E-state index is 0.0905. The Morgan fingerprint density at radius 2 is 1.57 bits per heavy atom. The van der Waals surface area contributed by atoms with Gasteiger partial charge in [-0.15, -0.1) is 0 Å². The van der Waals surface area contributed by atoms with Gasteiger partial charge >= 0.3 is 0 Å². The molecule has 2 aliphatic carbocycles. The van der Waals surface area contributed by atoms with Crippen LogP contribution in [0, 0.1) is 5.92 Å². The first kappa shape index (κ1) is 30.5. The van der Waals surface area contributed by atoms with Gasteiger partial charge < -0.3 is 44.3 Å². The molecule has 8 rings (SSSR count). The third kappa shape index (κ3) is 4.63. The summed E-state index contributed by atoms with van der Waals surface area (Å²) >= 11 is 0. The Bertz CT molecular complexity index is 1720. The van der Waals surface area contributed by atoms with Crippen LogP contribution in [-0.4, -0.2) is 55.0 Å². The summed E-state index contributed by atoms with van der Waals surface area (Å²) in [6.45, 7) is 2.44. The molecule has 5 N–H and O–H groups in total. The fourth-order valence-corrected chi connectivity index (χ4v) is 9.03. The topological polar surface area (TPSA) is 131 Å². The summed E-state index contributed by atoms with van der Waals surface area (Å²) in [7, 11) is 4.66. The number of hydrogen-bond donors (Lipinski definition) is 5. The second kappa shape index (κ2) is 11.4. The molecule has 3 aromatic rings. The van der Waals surface area contributed by atoms with Gasteiger partial charge in [-0.05, 0) is 68.7 Å². The fourth-order valence-electron chi connectivity index (χ4n) is 9.03. The van der Waals surface area contributed by atoms with Gasteiger partial charge in [-0.3, -0.25) is 5.32 Å². The lowest BCUT2D eigenvalue weighted by molar-refractivity contribution is -0.0844. The number of piperidine rings is 1. The standard InChI is InChI=1S/C37H44N2O8/c1-18-8-9-20-7-5-6-12-37(20,39-18)47-27-16-25(43-2)21-10-11-22-30-24(38-36(42)33(27)32(21)30)15-26-31(22)34(40)23(17-46-26)19-13-28(44-3)35(41)29(14-19)45-4/h13-16,18,20,23,34,36,38-42H,5-12,17H2,1-4H3. The summed E-state index contributed by atoms with van der Waals surface area (Å²) in [5, 5.41) is 41.5. The van der Waals surface area contributed by atoms with Crippen molar-refractivity contribution in [2.24, 2.45) is 5.92 Å². The van der Waals surface area contributed by atoms with E-state index in [0.29, 0.717) is 41.9 Å². The van der Waals surface area contributed by atoms with Crippen molar-refractivity contribution in [2.45, 2.75) is 88.3 Å². The lowest BCUT2D eigenvalue weighted by Crippen LogP contribution is -2.63. The van der Waals surface area contributed by atoms with E-state index < -0.39 is 24.0 Å². The second-order valence-electron chi connectivity index (χ2n) is 13.8. The van der Waals surface area contributed by atoms with Gasteiger partial charge in [0.2, 0.25) is 5.75 Å². The van der Waals surface area contributed by atoms with E-state index in [2.05, 4.69) is 17.6 Å².